The van der Waals surface area contributed by atoms with Crippen molar-refractivity contribution in [1.82, 2.24) is 5.32 Å². The second-order valence-corrected chi connectivity index (χ2v) is 6.85. The van der Waals surface area contributed by atoms with Gasteiger partial charge in [0.2, 0.25) is 0 Å². The van der Waals surface area contributed by atoms with Crippen LogP contribution in [0.3, 0.4) is 0 Å². The Balaban J connectivity index is 2.27. The molecule has 0 unspecified atom stereocenters. The zero-order valence-electron chi connectivity index (χ0n) is 11.9. The lowest BCUT2D eigenvalue weighted by molar-refractivity contribution is 0.601. The number of nitrogens with one attached hydrogen (secondary N) is 2. The fraction of sp³-hybridized carbons (Fsp3) is 0.200. The summed E-state index contributed by atoms with van der Waals surface area (Å²) in [5.74, 6) is 0. The molecule has 21 heavy (non-hydrogen) atoms. The SMILES string of the molecule is CNCc1ccc(S(=O)(=O)Nc2cc(C)ccc2Cl)cc1. The highest BCUT2D eigenvalue weighted by molar-refractivity contribution is 7.92. The maximum atomic E-state index is 12.3. The smallest absolute Gasteiger partial charge is 0.261 e. The molecule has 0 aromatic heterocycles. The molecule has 0 amide bonds. The van der Waals surface area contributed by atoms with E-state index in [1.54, 1.807) is 36.4 Å². The Bertz CT molecular complexity index is 728. The van der Waals surface area contributed by atoms with Gasteiger partial charge in [0.05, 0.1) is 15.6 Å². The number of benzene rings is 2. The van der Waals surface area contributed by atoms with E-state index in [0.29, 0.717) is 17.3 Å². The topological polar surface area (TPSA) is 58.2 Å². The molecule has 2 aromatic carbocycles. The van der Waals surface area contributed by atoms with Crippen molar-refractivity contribution in [2.24, 2.45) is 0 Å². The summed E-state index contributed by atoms with van der Waals surface area (Å²) in [4.78, 5) is 0.208. The average molecular weight is 325 g/mol. The van der Waals surface area contributed by atoms with Gasteiger partial charge in [-0.3, -0.25) is 4.72 Å². The second-order valence-electron chi connectivity index (χ2n) is 4.76. The van der Waals surface area contributed by atoms with E-state index in [9.17, 15) is 8.42 Å². The minimum Gasteiger partial charge on any atom is -0.316 e. The van der Waals surface area contributed by atoms with Crippen LogP contribution in [0.4, 0.5) is 5.69 Å². The van der Waals surface area contributed by atoms with Crippen molar-refractivity contribution in [3.8, 4) is 0 Å². The number of rotatable bonds is 5. The maximum Gasteiger partial charge on any atom is 0.261 e. The number of anilines is 1. The van der Waals surface area contributed by atoms with Gasteiger partial charge >= 0.3 is 0 Å². The lowest BCUT2D eigenvalue weighted by Crippen LogP contribution is -2.13. The third-order valence-electron chi connectivity index (χ3n) is 2.98. The molecular weight excluding hydrogens is 308 g/mol. The standard InChI is InChI=1S/C15H17ClN2O2S/c1-11-3-8-14(16)15(9-11)18-21(19,20)13-6-4-12(5-7-13)10-17-2/h3-9,17-18H,10H2,1-2H3. The summed E-state index contributed by atoms with van der Waals surface area (Å²) in [5, 5.41) is 3.38. The van der Waals surface area contributed by atoms with E-state index in [2.05, 4.69) is 10.0 Å². The van der Waals surface area contributed by atoms with Crippen molar-refractivity contribution in [2.75, 3.05) is 11.8 Å². The van der Waals surface area contributed by atoms with Crippen molar-refractivity contribution >= 4 is 27.3 Å². The molecule has 6 heteroatoms. The van der Waals surface area contributed by atoms with Crippen LogP contribution in [0, 0.1) is 6.92 Å². The fourth-order valence-electron chi connectivity index (χ4n) is 1.91. The Kier molecular flexibility index (Phi) is 4.88. The highest BCUT2D eigenvalue weighted by Gasteiger charge is 2.15. The first-order valence-electron chi connectivity index (χ1n) is 6.45. The van der Waals surface area contributed by atoms with Crippen molar-refractivity contribution in [3.05, 3.63) is 58.6 Å². The van der Waals surface area contributed by atoms with Gasteiger partial charge in [-0.1, -0.05) is 29.8 Å². The molecule has 0 spiro atoms. The zero-order chi connectivity index (χ0) is 15.5. The normalized spacial score (nSPS) is 11.4. The third-order valence-corrected chi connectivity index (χ3v) is 4.69. The van der Waals surface area contributed by atoms with Gasteiger partial charge in [0.25, 0.3) is 10.0 Å². The molecule has 0 aliphatic carbocycles. The Morgan fingerprint density at radius 3 is 2.38 bits per heavy atom. The van der Waals surface area contributed by atoms with Gasteiger partial charge in [-0.15, -0.1) is 0 Å². The molecule has 2 rings (SSSR count). The van der Waals surface area contributed by atoms with Crippen molar-refractivity contribution in [3.63, 3.8) is 0 Å². The van der Waals surface area contributed by atoms with E-state index >= 15 is 0 Å². The predicted octanol–water partition coefficient (Wildman–Crippen LogP) is 3.17. The number of hydrogen-bond donors (Lipinski definition) is 2. The maximum absolute atomic E-state index is 12.3. The molecule has 0 aliphatic rings. The van der Waals surface area contributed by atoms with E-state index in [1.807, 2.05) is 20.0 Å². The van der Waals surface area contributed by atoms with E-state index in [0.717, 1.165) is 11.1 Å². The molecule has 4 nitrogen and oxygen atoms in total. The first kappa shape index (κ1) is 15.8. The van der Waals surface area contributed by atoms with Gasteiger partial charge in [0.15, 0.2) is 0 Å². The van der Waals surface area contributed by atoms with Crippen molar-refractivity contribution in [1.29, 1.82) is 0 Å². The summed E-state index contributed by atoms with van der Waals surface area (Å²) in [5.41, 5.74) is 2.34. The average Bonchev–Trinajstić information content (AvgIpc) is 2.44. The number of halogens is 1. The first-order valence-corrected chi connectivity index (χ1v) is 8.31. The molecule has 0 heterocycles. The van der Waals surface area contributed by atoms with Gasteiger partial charge in [-0.05, 0) is 49.4 Å². The van der Waals surface area contributed by atoms with Gasteiger partial charge in [0, 0.05) is 6.54 Å². The van der Waals surface area contributed by atoms with Crippen LogP contribution in [0.2, 0.25) is 5.02 Å². The monoisotopic (exact) mass is 324 g/mol. The fourth-order valence-corrected chi connectivity index (χ4v) is 3.20. The largest absolute Gasteiger partial charge is 0.316 e. The van der Waals surface area contributed by atoms with Gasteiger partial charge in [-0.2, -0.15) is 0 Å². The van der Waals surface area contributed by atoms with Crippen LogP contribution in [-0.2, 0) is 16.6 Å². The Morgan fingerprint density at radius 2 is 1.76 bits per heavy atom. The second kappa shape index (κ2) is 6.47. The van der Waals surface area contributed by atoms with Crippen molar-refractivity contribution in [2.45, 2.75) is 18.4 Å². The van der Waals surface area contributed by atoms with Crippen LogP contribution in [-0.4, -0.2) is 15.5 Å². The van der Waals surface area contributed by atoms with Crippen molar-refractivity contribution < 1.29 is 8.42 Å². The molecule has 0 aliphatic heterocycles. The molecule has 0 saturated carbocycles. The summed E-state index contributed by atoms with van der Waals surface area (Å²) < 4.78 is 27.2. The molecule has 0 saturated heterocycles. The number of aryl methyl sites for hydroxylation is 1. The molecule has 0 bridgehead atoms. The minimum atomic E-state index is -3.64. The lowest BCUT2D eigenvalue weighted by atomic mass is 10.2. The third kappa shape index (κ3) is 3.97. The van der Waals surface area contributed by atoms with Crippen LogP contribution in [0.25, 0.3) is 0 Å². The minimum absolute atomic E-state index is 0.208. The summed E-state index contributed by atoms with van der Waals surface area (Å²) in [7, 11) is -1.80. The molecular formula is C15H17ClN2O2S. The predicted molar refractivity (Wildman–Crippen MR) is 86.2 cm³/mol. The van der Waals surface area contributed by atoms with Crippen LogP contribution in [0.5, 0.6) is 0 Å². The Labute approximate surface area is 130 Å². The number of sulfonamides is 1. The number of hydrogen-bond acceptors (Lipinski definition) is 3. The summed E-state index contributed by atoms with van der Waals surface area (Å²) in [6.45, 7) is 2.57. The van der Waals surface area contributed by atoms with Crippen LogP contribution in [0.15, 0.2) is 47.4 Å². The van der Waals surface area contributed by atoms with Crippen LogP contribution >= 0.6 is 11.6 Å². The first-order chi connectivity index (χ1) is 9.92. The van der Waals surface area contributed by atoms with E-state index in [-0.39, 0.29) is 4.90 Å². The molecule has 0 radical (unpaired) electrons. The molecule has 2 N–H and O–H groups in total. The summed E-state index contributed by atoms with van der Waals surface area (Å²) in [6.07, 6.45) is 0. The van der Waals surface area contributed by atoms with E-state index in [1.165, 1.54) is 0 Å². The van der Waals surface area contributed by atoms with Gasteiger partial charge in [-0.25, -0.2) is 8.42 Å². The van der Waals surface area contributed by atoms with Gasteiger partial charge in [0.1, 0.15) is 0 Å². The van der Waals surface area contributed by atoms with E-state index < -0.39 is 10.0 Å². The highest BCUT2D eigenvalue weighted by Crippen LogP contribution is 2.25. The molecule has 2 aromatic rings. The summed E-state index contributed by atoms with van der Waals surface area (Å²) >= 11 is 6.02. The Hall–Kier alpha value is -1.56. The van der Waals surface area contributed by atoms with E-state index in [4.69, 9.17) is 11.6 Å². The lowest BCUT2D eigenvalue weighted by Gasteiger charge is -2.11. The molecule has 0 atom stereocenters. The summed E-state index contributed by atoms with van der Waals surface area (Å²) in [6, 6.07) is 11.9. The van der Waals surface area contributed by atoms with Gasteiger partial charge < -0.3 is 5.32 Å². The highest BCUT2D eigenvalue weighted by atomic mass is 35.5. The zero-order valence-corrected chi connectivity index (χ0v) is 13.4. The molecule has 112 valence electrons. The quantitative estimate of drug-likeness (QED) is 0.888. The van der Waals surface area contributed by atoms with Crippen LogP contribution < -0.4 is 10.0 Å². The molecule has 0 fully saturated rings. The Morgan fingerprint density at radius 1 is 1.10 bits per heavy atom. The van der Waals surface area contributed by atoms with Crippen LogP contribution in [0.1, 0.15) is 11.1 Å².